The molecule has 3 atom stereocenters. The van der Waals surface area contributed by atoms with Gasteiger partial charge in [-0.05, 0) is 36.8 Å². The van der Waals surface area contributed by atoms with Crippen LogP contribution < -0.4 is 4.74 Å². The summed E-state index contributed by atoms with van der Waals surface area (Å²) in [7, 11) is 0. The van der Waals surface area contributed by atoms with Crippen LogP contribution in [0.4, 0.5) is 0 Å². The molecule has 2 aliphatic rings. The molecule has 0 amide bonds. The number of allylic oxidation sites excluding steroid dienone is 2. The minimum absolute atomic E-state index is 0.0151. The second-order valence-corrected chi connectivity index (χ2v) is 5.15. The van der Waals surface area contributed by atoms with Crippen molar-refractivity contribution in [2.24, 2.45) is 17.8 Å². The summed E-state index contributed by atoms with van der Waals surface area (Å²) in [5.41, 5.74) is 0. The number of carbonyl (C=O) groups is 1. The maximum absolute atomic E-state index is 12.0. The Labute approximate surface area is 105 Å². The lowest BCUT2D eigenvalue weighted by Gasteiger charge is -2.16. The van der Waals surface area contributed by atoms with Crippen molar-refractivity contribution in [1.82, 2.24) is 0 Å². The second kappa shape index (κ2) is 4.19. The van der Waals surface area contributed by atoms with Crippen LogP contribution in [0.5, 0.6) is 5.75 Å². The van der Waals surface area contributed by atoms with Gasteiger partial charge in [0, 0.05) is 0 Å². The van der Waals surface area contributed by atoms with E-state index in [4.69, 9.17) is 16.3 Å². The Morgan fingerprint density at radius 2 is 2.06 bits per heavy atom. The van der Waals surface area contributed by atoms with E-state index in [0.29, 0.717) is 22.6 Å². The van der Waals surface area contributed by atoms with Crippen LogP contribution in [0.1, 0.15) is 12.8 Å². The third-order valence-electron chi connectivity index (χ3n) is 3.63. The van der Waals surface area contributed by atoms with Gasteiger partial charge in [0.15, 0.2) is 0 Å². The molecule has 1 fully saturated rings. The van der Waals surface area contributed by atoms with Crippen LogP contribution in [0.2, 0.25) is 5.02 Å². The molecule has 0 spiro atoms. The van der Waals surface area contributed by atoms with Gasteiger partial charge in [-0.15, -0.1) is 0 Å². The van der Waals surface area contributed by atoms with Crippen molar-refractivity contribution < 1.29 is 9.53 Å². The van der Waals surface area contributed by atoms with Gasteiger partial charge in [0.25, 0.3) is 0 Å². The fourth-order valence-corrected chi connectivity index (χ4v) is 2.94. The number of rotatable bonds is 2. The summed E-state index contributed by atoms with van der Waals surface area (Å²) in [6, 6.07) is 7.09. The number of carbonyl (C=O) groups excluding carboxylic acids is 1. The fraction of sp³-hybridized carbons (Fsp3) is 0.357. The third-order valence-corrected chi connectivity index (χ3v) is 3.94. The average Bonchev–Trinajstić information content (AvgIpc) is 2.94. The molecule has 3 rings (SSSR count). The zero-order valence-corrected chi connectivity index (χ0v) is 10.1. The summed E-state index contributed by atoms with van der Waals surface area (Å²) in [5.74, 6) is 1.28. The van der Waals surface area contributed by atoms with E-state index >= 15 is 0 Å². The normalized spacial score (nSPS) is 29.6. The zero-order chi connectivity index (χ0) is 11.8. The predicted octanol–water partition coefficient (Wildman–Crippen LogP) is 3.46. The molecule has 0 aromatic heterocycles. The maximum Gasteiger partial charge on any atom is 0.314 e. The molecule has 1 aromatic rings. The predicted molar refractivity (Wildman–Crippen MR) is 65.9 cm³/mol. The molecule has 0 saturated heterocycles. The van der Waals surface area contributed by atoms with E-state index in [1.165, 1.54) is 0 Å². The zero-order valence-electron chi connectivity index (χ0n) is 9.30. The van der Waals surface area contributed by atoms with Crippen molar-refractivity contribution >= 4 is 17.6 Å². The Morgan fingerprint density at radius 1 is 1.24 bits per heavy atom. The highest BCUT2D eigenvalue weighted by molar-refractivity contribution is 6.32. The van der Waals surface area contributed by atoms with Crippen LogP contribution in [-0.2, 0) is 4.79 Å². The quantitative estimate of drug-likeness (QED) is 0.455. The van der Waals surface area contributed by atoms with Crippen molar-refractivity contribution in [3.05, 3.63) is 41.4 Å². The van der Waals surface area contributed by atoms with Crippen LogP contribution in [0.25, 0.3) is 0 Å². The Morgan fingerprint density at radius 3 is 2.71 bits per heavy atom. The number of hydrogen-bond donors (Lipinski definition) is 0. The van der Waals surface area contributed by atoms with E-state index in [9.17, 15) is 4.79 Å². The molecular weight excluding hydrogens is 236 g/mol. The molecule has 17 heavy (non-hydrogen) atoms. The lowest BCUT2D eigenvalue weighted by molar-refractivity contribution is -0.139. The van der Waals surface area contributed by atoms with E-state index in [1.54, 1.807) is 12.1 Å². The highest BCUT2D eigenvalue weighted by atomic mass is 35.5. The first kappa shape index (κ1) is 10.8. The average molecular weight is 249 g/mol. The number of ether oxygens (including phenoxy) is 1. The molecule has 2 bridgehead atoms. The Kier molecular flexibility index (Phi) is 2.67. The van der Waals surface area contributed by atoms with Gasteiger partial charge in [-0.2, -0.15) is 0 Å². The lowest BCUT2D eigenvalue weighted by atomic mass is 9.94. The van der Waals surface area contributed by atoms with Gasteiger partial charge in [0.2, 0.25) is 0 Å². The van der Waals surface area contributed by atoms with Gasteiger partial charge in [0.05, 0.1) is 10.9 Å². The topological polar surface area (TPSA) is 26.3 Å². The van der Waals surface area contributed by atoms with Gasteiger partial charge in [-0.1, -0.05) is 35.9 Å². The van der Waals surface area contributed by atoms with Crippen LogP contribution in [0.3, 0.4) is 0 Å². The highest BCUT2D eigenvalue weighted by Crippen LogP contribution is 2.44. The summed E-state index contributed by atoms with van der Waals surface area (Å²) >= 11 is 5.96. The number of halogens is 1. The molecule has 0 aliphatic heterocycles. The molecule has 0 radical (unpaired) electrons. The van der Waals surface area contributed by atoms with E-state index in [-0.39, 0.29) is 11.9 Å². The minimum Gasteiger partial charge on any atom is -0.425 e. The van der Waals surface area contributed by atoms with E-state index < -0.39 is 0 Å². The van der Waals surface area contributed by atoms with Gasteiger partial charge in [-0.3, -0.25) is 4.79 Å². The lowest BCUT2D eigenvalue weighted by Crippen LogP contribution is -2.24. The molecule has 2 nitrogen and oxygen atoms in total. The summed E-state index contributed by atoms with van der Waals surface area (Å²) in [6.07, 6.45) is 6.38. The first-order valence-electron chi connectivity index (χ1n) is 5.88. The Balaban J connectivity index is 1.72. The first-order chi connectivity index (χ1) is 8.24. The number of fused-ring (bicyclic) bond motifs is 2. The standard InChI is InChI=1S/C14H13ClO2/c15-12-3-1-2-4-13(12)17-14(16)11-8-9-5-6-10(11)7-9/h1-6,9-11H,7-8H2. The third kappa shape index (κ3) is 1.98. The molecule has 1 saturated carbocycles. The number of benzene rings is 1. The molecule has 3 heteroatoms. The molecule has 3 unspecified atom stereocenters. The van der Waals surface area contributed by atoms with E-state index in [1.807, 2.05) is 12.1 Å². The van der Waals surface area contributed by atoms with Gasteiger partial charge in [-0.25, -0.2) is 0 Å². The molecule has 88 valence electrons. The van der Waals surface area contributed by atoms with Crippen molar-refractivity contribution in [1.29, 1.82) is 0 Å². The summed E-state index contributed by atoms with van der Waals surface area (Å²) in [4.78, 5) is 12.0. The summed E-state index contributed by atoms with van der Waals surface area (Å²) < 4.78 is 5.38. The minimum atomic E-state index is -0.144. The van der Waals surface area contributed by atoms with Gasteiger partial charge in [0.1, 0.15) is 5.75 Å². The summed E-state index contributed by atoms with van der Waals surface area (Å²) in [6.45, 7) is 0. The van der Waals surface area contributed by atoms with Crippen molar-refractivity contribution in [3.63, 3.8) is 0 Å². The number of para-hydroxylation sites is 1. The van der Waals surface area contributed by atoms with Crippen molar-refractivity contribution in [2.75, 3.05) is 0 Å². The maximum atomic E-state index is 12.0. The Bertz CT molecular complexity index is 481. The smallest absolute Gasteiger partial charge is 0.314 e. The Hall–Kier alpha value is -1.28. The number of hydrogen-bond acceptors (Lipinski definition) is 2. The van der Waals surface area contributed by atoms with Crippen LogP contribution in [0, 0.1) is 17.8 Å². The van der Waals surface area contributed by atoms with Crippen molar-refractivity contribution in [2.45, 2.75) is 12.8 Å². The molecule has 1 aromatic carbocycles. The van der Waals surface area contributed by atoms with E-state index in [2.05, 4.69) is 12.2 Å². The number of esters is 1. The fourth-order valence-electron chi connectivity index (χ4n) is 2.76. The second-order valence-electron chi connectivity index (χ2n) is 4.74. The van der Waals surface area contributed by atoms with Gasteiger partial charge < -0.3 is 4.74 Å². The molecule has 0 N–H and O–H groups in total. The molecule has 2 aliphatic carbocycles. The molecule has 0 heterocycles. The molecular formula is C14H13ClO2. The first-order valence-corrected chi connectivity index (χ1v) is 6.26. The van der Waals surface area contributed by atoms with E-state index in [0.717, 1.165) is 12.8 Å². The highest BCUT2D eigenvalue weighted by Gasteiger charge is 2.41. The monoisotopic (exact) mass is 248 g/mol. The van der Waals surface area contributed by atoms with Crippen molar-refractivity contribution in [3.8, 4) is 5.75 Å². The SMILES string of the molecule is O=C(Oc1ccccc1Cl)C1CC2C=CC1C2. The van der Waals surface area contributed by atoms with Crippen LogP contribution in [-0.4, -0.2) is 5.97 Å². The van der Waals surface area contributed by atoms with Crippen LogP contribution >= 0.6 is 11.6 Å². The van der Waals surface area contributed by atoms with Crippen LogP contribution in [0.15, 0.2) is 36.4 Å². The summed E-state index contributed by atoms with van der Waals surface area (Å²) in [5, 5.41) is 0.486. The largest absolute Gasteiger partial charge is 0.425 e. The van der Waals surface area contributed by atoms with Gasteiger partial charge >= 0.3 is 5.97 Å².